The summed E-state index contributed by atoms with van der Waals surface area (Å²) >= 11 is 0. The van der Waals surface area contributed by atoms with Crippen molar-refractivity contribution in [2.45, 2.75) is 44.8 Å². The van der Waals surface area contributed by atoms with E-state index in [1.54, 1.807) is 0 Å². The van der Waals surface area contributed by atoms with Gasteiger partial charge in [0, 0.05) is 18.8 Å². The molecule has 2 fully saturated rings. The highest BCUT2D eigenvalue weighted by Crippen LogP contribution is 2.42. The largest absolute Gasteiger partial charge is 0.416 e. The smallest absolute Gasteiger partial charge is 0.353 e. The molecule has 1 aliphatic carbocycles. The van der Waals surface area contributed by atoms with Crippen LogP contribution in [-0.2, 0) is 6.18 Å². The molecule has 3 unspecified atom stereocenters. The third kappa shape index (κ3) is 2.38. The van der Waals surface area contributed by atoms with Gasteiger partial charge in [-0.1, -0.05) is 19.8 Å². The molecule has 5 heteroatoms. The molecule has 0 N–H and O–H groups in total. The van der Waals surface area contributed by atoms with Crippen LogP contribution in [0.25, 0.3) is 0 Å². The van der Waals surface area contributed by atoms with Gasteiger partial charge in [0.1, 0.15) is 5.82 Å². The zero-order valence-electron chi connectivity index (χ0n) is 11.5. The van der Waals surface area contributed by atoms with Crippen molar-refractivity contribution in [1.29, 1.82) is 0 Å². The highest BCUT2D eigenvalue weighted by molar-refractivity contribution is 5.45. The molecule has 1 saturated heterocycles. The number of alkyl halides is 3. The lowest BCUT2D eigenvalue weighted by atomic mass is 9.80. The van der Waals surface area contributed by atoms with Gasteiger partial charge in [0.2, 0.25) is 0 Å². The van der Waals surface area contributed by atoms with Crippen molar-refractivity contribution in [3.8, 4) is 0 Å². The number of aromatic nitrogens is 1. The highest BCUT2D eigenvalue weighted by atomic mass is 19.4. The van der Waals surface area contributed by atoms with Crippen LogP contribution in [0, 0.1) is 11.8 Å². The quantitative estimate of drug-likeness (QED) is 0.771. The van der Waals surface area contributed by atoms with Gasteiger partial charge < -0.3 is 4.90 Å². The van der Waals surface area contributed by atoms with Crippen LogP contribution in [0.15, 0.2) is 18.3 Å². The Morgan fingerprint density at radius 1 is 1.25 bits per heavy atom. The van der Waals surface area contributed by atoms with Gasteiger partial charge >= 0.3 is 6.18 Å². The van der Waals surface area contributed by atoms with E-state index in [2.05, 4.69) is 16.8 Å². The van der Waals surface area contributed by atoms with Gasteiger partial charge in [0.05, 0.1) is 5.56 Å². The molecule has 0 spiro atoms. The van der Waals surface area contributed by atoms with E-state index in [1.807, 2.05) is 0 Å². The predicted molar refractivity (Wildman–Crippen MR) is 71.5 cm³/mol. The molecule has 2 aliphatic rings. The number of hydrogen-bond donors (Lipinski definition) is 0. The first kappa shape index (κ1) is 13.7. The van der Waals surface area contributed by atoms with Crippen LogP contribution in [0.1, 0.15) is 38.2 Å². The Balaban J connectivity index is 1.89. The van der Waals surface area contributed by atoms with E-state index >= 15 is 0 Å². The van der Waals surface area contributed by atoms with Gasteiger partial charge in [-0.25, -0.2) is 4.98 Å². The molecule has 20 heavy (non-hydrogen) atoms. The first-order valence-electron chi connectivity index (χ1n) is 7.26. The van der Waals surface area contributed by atoms with Crippen molar-refractivity contribution in [1.82, 2.24) is 4.98 Å². The summed E-state index contributed by atoms with van der Waals surface area (Å²) in [5, 5.41) is 0. The summed E-state index contributed by atoms with van der Waals surface area (Å²) in [6, 6.07) is 2.61. The molecular weight excluding hydrogens is 265 g/mol. The van der Waals surface area contributed by atoms with Crippen molar-refractivity contribution in [3.63, 3.8) is 0 Å². The number of hydrogen-bond acceptors (Lipinski definition) is 2. The minimum atomic E-state index is -4.30. The Bertz CT molecular complexity index is 486. The molecule has 3 atom stereocenters. The summed E-state index contributed by atoms with van der Waals surface area (Å²) in [4.78, 5) is 6.29. The molecule has 1 aromatic heterocycles. The van der Waals surface area contributed by atoms with E-state index in [4.69, 9.17) is 0 Å². The lowest BCUT2D eigenvalue weighted by Crippen LogP contribution is -2.35. The maximum absolute atomic E-state index is 12.8. The van der Waals surface area contributed by atoms with Crippen molar-refractivity contribution < 1.29 is 13.2 Å². The van der Waals surface area contributed by atoms with Gasteiger partial charge in [0.15, 0.2) is 0 Å². The zero-order chi connectivity index (χ0) is 14.3. The van der Waals surface area contributed by atoms with Gasteiger partial charge in [-0.3, -0.25) is 0 Å². The second-order valence-electron chi connectivity index (χ2n) is 6.05. The fourth-order valence-corrected chi connectivity index (χ4v) is 3.79. The Morgan fingerprint density at radius 2 is 2.00 bits per heavy atom. The molecule has 2 nitrogen and oxygen atoms in total. The summed E-state index contributed by atoms with van der Waals surface area (Å²) < 4.78 is 38.5. The van der Waals surface area contributed by atoms with E-state index in [-0.39, 0.29) is 0 Å². The van der Waals surface area contributed by atoms with Crippen LogP contribution < -0.4 is 4.90 Å². The summed E-state index contributed by atoms with van der Waals surface area (Å²) in [5.74, 6) is 1.64. The maximum atomic E-state index is 12.8. The molecule has 0 amide bonds. The Hall–Kier alpha value is -1.26. The van der Waals surface area contributed by atoms with Crippen molar-refractivity contribution >= 4 is 5.82 Å². The molecule has 110 valence electrons. The van der Waals surface area contributed by atoms with Gasteiger partial charge in [-0.2, -0.15) is 13.2 Å². The van der Waals surface area contributed by atoms with Gasteiger partial charge in [0.25, 0.3) is 0 Å². The van der Waals surface area contributed by atoms with E-state index < -0.39 is 11.7 Å². The van der Waals surface area contributed by atoms with E-state index in [9.17, 15) is 13.2 Å². The molecule has 3 rings (SSSR count). The lowest BCUT2D eigenvalue weighted by molar-refractivity contribution is -0.137. The molecule has 2 heterocycles. The number of nitrogens with zero attached hydrogens (tertiary/aromatic N) is 2. The number of anilines is 1. The summed E-state index contributed by atoms with van der Waals surface area (Å²) in [6.07, 6.45) is 1.67. The maximum Gasteiger partial charge on any atom is 0.416 e. The van der Waals surface area contributed by atoms with Gasteiger partial charge in [-0.05, 0) is 36.8 Å². The summed E-state index contributed by atoms with van der Waals surface area (Å²) in [6.45, 7) is 3.03. The number of fused-ring (bicyclic) bond motifs is 1. The Morgan fingerprint density at radius 3 is 2.75 bits per heavy atom. The molecule has 0 bridgehead atoms. The van der Waals surface area contributed by atoms with E-state index in [1.165, 1.54) is 31.5 Å². The second-order valence-corrected chi connectivity index (χ2v) is 6.05. The minimum Gasteiger partial charge on any atom is -0.353 e. The average molecular weight is 284 g/mol. The molecule has 0 aromatic carbocycles. The van der Waals surface area contributed by atoms with Crippen LogP contribution in [-0.4, -0.2) is 17.6 Å². The summed E-state index contributed by atoms with van der Waals surface area (Å²) in [7, 11) is 0. The van der Waals surface area contributed by atoms with Crippen molar-refractivity contribution in [2.24, 2.45) is 11.8 Å². The standard InChI is InChI=1S/C15H19F3N2/c1-10-9-20(13-5-3-2-4-12(10)13)14-8-11(6-7-19-14)15(16,17)18/h6-8,10,12-13H,2-5,9H2,1H3. The fourth-order valence-electron chi connectivity index (χ4n) is 3.79. The molecule has 1 saturated carbocycles. The molecule has 0 radical (unpaired) electrons. The second kappa shape index (κ2) is 4.93. The van der Waals surface area contributed by atoms with Crippen LogP contribution in [0.2, 0.25) is 0 Å². The molecule has 1 aromatic rings. The Labute approximate surface area is 117 Å². The first-order valence-corrected chi connectivity index (χ1v) is 7.26. The highest BCUT2D eigenvalue weighted by Gasteiger charge is 2.41. The van der Waals surface area contributed by atoms with Crippen molar-refractivity contribution in [3.05, 3.63) is 23.9 Å². The normalized spacial score (nSPS) is 30.4. The average Bonchev–Trinajstić information content (AvgIpc) is 2.76. The fraction of sp³-hybridized carbons (Fsp3) is 0.667. The molecule has 1 aliphatic heterocycles. The van der Waals surface area contributed by atoms with Crippen LogP contribution in [0.5, 0.6) is 0 Å². The lowest BCUT2D eigenvalue weighted by Gasteiger charge is -2.33. The minimum absolute atomic E-state index is 0.370. The van der Waals surface area contributed by atoms with E-state index in [0.717, 1.165) is 19.0 Å². The third-order valence-electron chi connectivity index (χ3n) is 4.76. The monoisotopic (exact) mass is 284 g/mol. The summed E-state index contributed by atoms with van der Waals surface area (Å²) in [5.41, 5.74) is -0.602. The molecular formula is C15H19F3N2. The van der Waals surface area contributed by atoms with Crippen LogP contribution in [0.4, 0.5) is 19.0 Å². The topological polar surface area (TPSA) is 16.1 Å². The SMILES string of the molecule is CC1CN(c2cc(C(F)(F)F)ccn2)C2CCCCC12. The first-order chi connectivity index (χ1) is 9.47. The number of rotatable bonds is 1. The number of pyridine rings is 1. The van der Waals surface area contributed by atoms with Crippen LogP contribution >= 0.6 is 0 Å². The van der Waals surface area contributed by atoms with Crippen LogP contribution in [0.3, 0.4) is 0 Å². The predicted octanol–water partition coefficient (Wildman–Crippen LogP) is 4.12. The van der Waals surface area contributed by atoms with Gasteiger partial charge in [-0.15, -0.1) is 0 Å². The zero-order valence-corrected chi connectivity index (χ0v) is 11.5. The number of halogens is 3. The Kier molecular flexibility index (Phi) is 3.38. The van der Waals surface area contributed by atoms with E-state index in [0.29, 0.717) is 23.7 Å². The van der Waals surface area contributed by atoms with Crippen molar-refractivity contribution in [2.75, 3.05) is 11.4 Å². The third-order valence-corrected chi connectivity index (χ3v) is 4.76.